The summed E-state index contributed by atoms with van der Waals surface area (Å²) in [6, 6.07) is -0.124. The number of carbonyl (C=O) groups is 2. The van der Waals surface area contributed by atoms with E-state index in [0.29, 0.717) is 12.5 Å². The first kappa shape index (κ1) is 12.6. The van der Waals surface area contributed by atoms with Gasteiger partial charge >= 0.3 is 5.97 Å². The molecule has 6 heteroatoms. The van der Waals surface area contributed by atoms with Gasteiger partial charge in [0.2, 0.25) is 5.91 Å². The SMILES string of the molecule is CC(c1csc(C2CC2)n1)N1CC(C(=O)O)CC1=O. The second-order valence-electron chi connectivity index (χ2n) is 5.35. The maximum Gasteiger partial charge on any atom is 0.308 e. The van der Waals surface area contributed by atoms with Crippen molar-refractivity contribution in [2.45, 2.75) is 38.1 Å². The number of hydrogen-bond acceptors (Lipinski definition) is 4. The molecule has 2 atom stereocenters. The van der Waals surface area contributed by atoms with Gasteiger partial charge in [-0.1, -0.05) is 0 Å². The normalized spacial score (nSPS) is 24.8. The van der Waals surface area contributed by atoms with Gasteiger partial charge in [-0.25, -0.2) is 4.98 Å². The van der Waals surface area contributed by atoms with Gasteiger partial charge in [0, 0.05) is 24.3 Å². The Morgan fingerprint density at radius 1 is 1.58 bits per heavy atom. The molecule has 2 unspecified atom stereocenters. The summed E-state index contributed by atoms with van der Waals surface area (Å²) in [6.07, 6.45) is 2.54. The molecule has 3 rings (SSSR count). The molecule has 2 fully saturated rings. The molecular formula is C13H16N2O3S. The lowest BCUT2D eigenvalue weighted by atomic mass is 10.1. The molecule has 19 heavy (non-hydrogen) atoms. The lowest BCUT2D eigenvalue weighted by molar-refractivity contribution is -0.141. The van der Waals surface area contributed by atoms with E-state index in [1.165, 1.54) is 12.8 Å². The highest BCUT2D eigenvalue weighted by Gasteiger charge is 2.38. The smallest absolute Gasteiger partial charge is 0.308 e. The summed E-state index contributed by atoms with van der Waals surface area (Å²) in [5.74, 6) is -0.927. The van der Waals surface area contributed by atoms with Crippen LogP contribution >= 0.6 is 11.3 Å². The molecule has 1 saturated carbocycles. The average Bonchev–Trinajstić information content (AvgIpc) is 2.97. The van der Waals surface area contributed by atoms with Crippen LogP contribution in [0.25, 0.3) is 0 Å². The monoisotopic (exact) mass is 280 g/mol. The predicted octanol–water partition coefficient (Wildman–Crippen LogP) is 2.01. The zero-order valence-corrected chi connectivity index (χ0v) is 11.5. The summed E-state index contributed by atoms with van der Waals surface area (Å²) in [7, 11) is 0. The lowest BCUT2D eigenvalue weighted by Crippen LogP contribution is -2.29. The minimum absolute atomic E-state index is 0.0825. The first-order chi connectivity index (χ1) is 9.06. The van der Waals surface area contributed by atoms with Crippen molar-refractivity contribution in [3.05, 3.63) is 16.1 Å². The molecule has 1 aliphatic carbocycles. The fourth-order valence-corrected chi connectivity index (χ4v) is 3.52. The minimum atomic E-state index is -0.889. The van der Waals surface area contributed by atoms with Crippen LogP contribution in [0.4, 0.5) is 0 Å². The van der Waals surface area contributed by atoms with E-state index in [4.69, 9.17) is 5.11 Å². The molecule has 2 aliphatic rings. The van der Waals surface area contributed by atoms with Crippen molar-refractivity contribution in [3.8, 4) is 0 Å². The van der Waals surface area contributed by atoms with Gasteiger partial charge in [-0.3, -0.25) is 9.59 Å². The van der Waals surface area contributed by atoms with Crippen LogP contribution in [0.3, 0.4) is 0 Å². The Labute approximate surface area is 115 Å². The Bertz CT molecular complexity index is 524. The van der Waals surface area contributed by atoms with Crippen molar-refractivity contribution in [2.75, 3.05) is 6.54 Å². The van der Waals surface area contributed by atoms with Crippen LogP contribution in [0, 0.1) is 5.92 Å². The zero-order valence-electron chi connectivity index (χ0n) is 10.7. The maximum atomic E-state index is 11.9. The molecule has 1 amide bonds. The molecule has 0 radical (unpaired) electrons. The van der Waals surface area contributed by atoms with Crippen LogP contribution < -0.4 is 0 Å². The van der Waals surface area contributed by atoms with E-state index in [1.807, 2.05) is 12.3 Å². The lowest BCUT2D eigenvalue weighted by Gasteiger charge is -2.22. The van der Waals surface area contributed by atoms with E-state index in [9.17, 15) is 9.59 Å². The molecule has 1 N–H and O–H groups in total. The Morgan fingerprint density at radius 2 is 2.32 bits per heavy atom. The topological polar surface area (TPSA) is 70.5 Å². The van der Waals surface area contributed by atoms with E-state index in [1.54, 1.807) is 16.2 Å². The van der Waals surface area contributed by atoms with E-state index in [2.05, 4.69) is 4.98 Å². The van der Waals surface area contributed by atoms with Crippen LogP contribution in [0.1, 0.15) is 48.8 Å². The van der Waals surface area contributed by atoms with Gasteiger partial charge in [0.05, 0.1) is 22.7 Å². The summed E-state index contributed by atoms with van der Waals surface area (Å²) in [5, 5.41) is 12.1. The average molecular weight is 280 g/mol. The first-order valence-electron chi connectivity index (χ1n) is 6.54. The van der Waals surface area contributed by atoms with E-state index in [0.717, 1.165) is 10.7 Å². The van der Waals surface area contributed by atoms with Gasteiger partial charge in [0.1, 0.15) is 0 Å². The summed E-state index contributed by atoms with van der Waals surface area (Å²) in [5.41, 5.74) is 0.895. The fourth-order valence-electron chi connectivity index (χ4n) is 2.44. The van der Waals surface area contributed by atoms with E-state index < -0.39 is 11.9 Å². The highest BCUT2D eigenvalue weighted by molar-refractivity contribution is 7.09. The molecule has 102 valence electrons. The van der Waals surface area contributed by atoms with Crippen LogP contribution in [-0.2, 0) is 9.59 Å². The molecule has 1 saturated heterocycles. The van der Waals surface area contributed by atoms with Gasteiger partial charge in [-0.05, 0) is 19.8 Å². The predicted molar refractivity (Wildman–Crippen MR) is 70.0 cm³/mol. The Morgan fingerprint density at radius 3 is 2.89 bits per heavy atom. The third kappa shape index (κ3) is 2.36. The number of aromatic nitrogens is 1. The van der Waals surface area contributed by atoms with E-state index in [-0.39, 0.29) is 18.4 Å². The first-order valence-corrected chi connectivity index (χ1v) is 7.42. The third-order valence-electron chi connectivity index (χ3n) is 3.87. The zero-order chi connectivity index (χ0) is 13.6. The number of amides is 1. The Hall–Kier alpha value is -1.43. The summed E-state index contributed by atoms with van der Waals surface area (Å²) >= 11 is 1.65. The number of carboxylic acids is 1. The standard InChI is InChI=1S/C13H16N2O3S/c1-7(10-6-19-12(14-10)8-2-3-8)15-5-9(13(17)18)4-11(15)16/h6-9H,2-5H2,1H3,(H,17,18). The quantitative estimate of drug-likeness (QED) is 0.916. The van der Waals surface area contributed by atoms with Crippen LogP contribution in [0.15, 0.2) is 5.38 Å². The number of carbonyl (C=O) groups excluding carboxylic acids is 1. The van der Waals surface area contributed by atoms with Gasteiger partial charge in [0.25, 0.3) is 0 Å². The van der Waals surface area contributed by atoms with Crippen molar-refractivity contribution in [1.82, 2.24) is 9.88 Å². The number of aliphatic carboxylic acids is 1. The molecule has 0 bridgehead atoms. The Kier molecular flexibility index (Phi) is 3.05. The molecular weight excluding hydrogens is 264 g/mol. The molecule has 5 nitrogen and oxygen atoms in total. The molecule has 1 aromatic rings. The van der Waals surface area contributed by atoms with Crippen LogP contribution in [0.2, 0.25) is 0 Å². The van der Waals surface area contributed by atoms with Gasteiger partial charge in [0.15, 0.2) is 0 Å². The summed E-state index contributed by atoms with van der Waals surface area (Å²) in [6.45, 7) is 2.22. The van der Waals surface area contributed by atoms with Crippen molar-refractivity contribution in [3.63, 3.8) is 0 Å². The summed E-state index contributed by atoms with van der Waals surface area (Å²) < 4.78 is 0. The molecule has 2 heterocycles. The number of nitrogens with zero attached hydrogens (tertiary/aromatic N) is 2. The van der Waals surface area contributed by atoms with Crippen LogP contribution in [-0.4, -0.2) is 33.4 Å². The molecule has 0 aromatic carbocycles. The fraction of sp³-hybridized carbons (Fsp3) is 0.615. The molecule has 1 aromatic heterocycles. The van der Waals surface area contributed by atoms with Crippen molar-refractivity contribution in [1.29, 1.82) is 0 Å². The van der Waals surface area contributed by atoms with Gasteiger partial charge in [-0.15, -0.1) is 11.3 Å². The van der Waals surface area contributed by atoms with Gasteiger partial charge in [-0.2, -0.15) is 0 Å². The number of carboxylic acid groups (broad SMARTS) is 1. The minimum Gasteiger partial charge on any atom is -0.481 e. The number of rotatable bonds is 4. The van der Waals surface area contributed by atoms with E-state index >= 15 is 0 Å². The maximum absolute atomic E-state index is 11.9. The highest BCUT2D eigenvalue weighted by Crippen LogP contribution is 2.42. The highest BCUT2D eigenvalue weighted by atomic mass is 32.1. The molecule has 1 aliphatic heterocycles. The largest absolute Gasteiger partial charge is 0.481 e. The van der Waals surface area contributed by atoms with Crippen molar-refractivity contribution in [2.24, 2.45) is 5.92 Å². The number of thiazole rings is 1. The number of hydrogen-bond donors (Lipinski definition) is 1. The third-order valence-corrected chi connectivity index (χ3v) is 4.89. The van der Waals surface area contributed by atoms with Gasteiger partial charge < -0.3 is 10.0 Å². The van der Waals surface area contributed by atoms with Crippen LogP contribution in [0.5, 0.6) is 0 Å². The van der Waals surface area contributed by atoms with Crippen molar-refractivity contribution < 1.29 is 14.7 Å². The molecule has 0 spiro atoms. The second kappa shape index (κ2) is 4.59. The second-order valence-corrected chi connectivity index (χ2v) is 6.24. The summed E-state index contributed by atoms with van der Waals surface area (Å²) in [4.78, 5) is 29.1. The number of likely N-dealkylation sites (tertiary alicyclic amines) is 1. The van der Waals surface area contributed by atoms with Crippen molar-refractivity contribution >= 4 is 23.2 Å². The Balaban J connectivity index is 1.73.